The summed E-state index contributed by atoms with van der Waals surface area (Å²) >= 11 is 7.01. The van der Waals surface area contributed by atoms with E-state index in [1.807, 2.05) is 12.1 Å². The van der Waals surface area contributed by atoms with E-state index in [1.54, 1.807) is 0 Å². The summed E-state index contributed by atoms with van der Waals surface area (Å²) in [5.74, 6) is 0. The fourth-order valence-electron chi connectivity index (χ4n) is 1.28. The molecule has 0 bridgehead atoms. The molecule has 0 aliphatic carbocycles. The average Bonchev–Trinajstić information content (AvgIpc) is 2.56. The highest BCUT2D eigenvalue weighted by molar-refractivity contribution is 7.05. The molecular formula is C10H9ClN2S. The monoisotopic (exact) mass is 224 g/mol. The zero-order chi connectivity index (χ0) is 9.97. The largest absolute Gasteiger partial charge is 0.234 e. The number of benzene rings is 1. The first-order chi connectivity index (χ1) is 6.75. The zero-order valence-electron chi connectivity index (χ0n) is 7.70. The van der Waals surface area contributed by atoms with Crippen LogP contribution in [0.2, 0.25) is 5.28 Å². The second-order valence-electron chi connectivity index (χ2n) is 3.06. The summed E-state index contributed by atoms with van der Waals surface area (Å²) in [5, 5.41) is 1.31. The molecule has 1 aromatic carbocycles. The molecule has 0 aliphatic heterocycles. The summed E-state index contributed by atoms with van der Waals surface area (Å²) in [7, 11) is 0. The van der Waals surface area contributed by atoms with Gasteiger partial charge in [-0.2, -0.15) is 4.37 Å². The van der Waals surface area contributed by atoms with Gasteiger partial charge in [-0.3, -0.25) is 0 Å². The van der Waals surface area contributed by atoms with E-state index in [1.165, 1.54) is 22.7 Å². The Kier molecular flexibility index (Phi) is 2.79. The summed E-state index contributed by atoms with van der Waals surface area (Å²) in [6, 6.07) is 8.26. The lowest BCUT2D eigenvalue weighted by Gasteiger charge is -2.01. The summed E-state index contributed by atoms with van der Waals surface area (Å²) < 4.78 is 3.94. The molecule has 4 heteroatoms. The minimum absolute atomic E-state index is 0.346. The highest BCUT2D eigenvalue weighted by Crippen LogP contribution is 2.16. The molecule has 0 amide bonds. The average molecular weight is 225 g/mol. The van der Waals surface area contributed by atoms with Gasteiger partial charge in [-0.1, -0.05) is 24.3 Å². The van der Waals surface area contributed by atoms with Crippen molar-refractivity contribution in [1.82, 2.24) is 9.36 Å². The minimum Gasteiger partial charge on any atom is -0.209 e. The van der Waals surface area contributed by atoms with E-state index in [4.69, 9.17) is 11.6 Å². The third kappa shape index (κ3) is 2.11. The van der Waals surface area contributed by atoms with Crippen molar-refractivity contribution in [2.45, 2.75) is 13.3 Å². The second-order valence-corrected chi connectivity index (χ2v) is 4.23. The lowest BCUT2D eigenvalue weighted by atomic mass is 10.1. The smallest absolute Gasteiger partial charge is 0.209 e. The Balaban J connectivity index is 2.23. The highest BCUT2D eigenvalue weighted by Gasteiger charge is 2.04. The molecule has 2 aromatic rings. The third-order valence-electron chi connectivity index (χ3n) is 2.05. The fraction of sp³-hybridized carbons (Fsp3) is 0.200. The maximum absolute atomic E-state index is 5.65. The van der Waals surface area contributed by atoms with E-state index in [2.05, 4.69) is 28.4 Å². The lowest BCUT2D eigenvalue weighted by Crippen LogP contribution is -1.90. The normalized spacial score (nSPS) is 10.4. The number of nitrogens with zero attached hydrogens (tertiary/aromatic N) is 2. The van der Waals surface area contributed by atoms with Gasteiger partial charge in [0.1, 0.15) is 5.01 Å². The SMILES string of the molecule is Cc1ccccc1Cc1nc(Cl)ns1. The van der Waals surface area contributed by atoms with Crippen molar-refractivity contribution in [3.05, 3.63) is 45.7 Å². The first-order valence-electron chi connectivity index (χ1n) is 4.28. The first-order valence-corrected chi connectivity index (χ1v) is 5.43. The maximum Gasteiger partial charge on any atom is 0.234 e. The number of aromatic nitrogens is 2. The van der Waals surface area contributed by atoms with Crippen LogP contribution in [0, 0.1) is 6.92 Å². The quantitative estimate of drug-likeness (QED) is 0.784. The number of halogens is 1. The van der Waals surface area contributed by atoms with Gasteiger partial charge in [-0.15, -0.1) is 0 Å². The predicted octanol–water partition coefficient (Wildman–Crippen LogP) is 3.09. The molecule has 1 heterocycles. The van der Waals surface area contributed by atoms with Crippen LogP contribution in [0.4, 0.5) is 0 Å². The summed E-state index contributed by atoms with van der Waals surface area (Å²) in [5.41, 5.74) is 2.55. The Labute approximate surface area is 91.7 Å². The molecule has 72 valence electrons. The van der Waals surface area contributed by atoms with Gasteiger partial charge in [0.2, 0.25) is 5.28 Å². The lowest BCUT2D eigenvalue weighted by molar-refractivity contribution is 1.11. The van der Waals surface area contributed by atoms with Crippen molar-refractivity contribution in [1.29, 1.82) is 0 Å². The molecule has 0 aliphatic rings. The number of hydrogen-bond acceptors (Lipinski definition) is 3. The van der Waals surface area contributed by atoms with Crippen LogP contribution in [0.5, 0.6) is 0 Å². The van der Waals surface area contributed by atoms with Crippen LogP contribution in [0.15, 0.2) is 24.3 Å². The Morgan fingerprint density at radius 2 is 2.14 bits per heavy atom. The van der Waals surface area contributed by atoms with Crippen molar-refractivity contribution in [2.24, 2.45) is 0 Å². The van der Waals surface area contributed by atoms with Crippen LogP contribution in [0.1, 0.15) is 16.1 Å². The van der Waals surface area contributed by atoms with E-state index >= 15 is 0 Å². The molecule has 2 rings (SSSR count). The Morgan fingerprint density at radius 3 is 2.79 bits per heavy atom. The van der Waals surface area contributed by atoms with E-state index in [0.717, 1.165) is 11.4 Å². The van der Waals surface area contributed by atoms with Crippen LogP contribution < -0.4 is 0 Å². The van der Waals surface area contributed by atoms with Crippen LogP contribution in [-0.2, 0) is 6.42 Å². The maximum atomic E-state index is 5.65. The van der Waals surface area contributed by atoms with Gasteiger partial charge in [-0.05, 0) is 41.2 Å². The third-order valence-corrected chi connectivity index (χ3v) is 3.03. The van der Waals surface area contributed by atoms with Crippen LogP contribution >= 0.6 is 23.1 Å². The van der Waals surface area contributed by atoms with E-state index < -0.39 is 0 Å². The van der Waals surface area contributed by atoms with Crippen LogP contribution in [0.3, 0.4) is 0 Å². The molecule has 14 heavy (non-hydrogen) atoms. The van der Waals surface area contributed by atoms with Gasteiger partial charge in [0.25, 0.3) is 0 Å². The van der Waals surface area contributed by atoms with Gasteiger partial charge in [-0.25, -0.2) is 4.98 Å². The van der Waals surface area contributed by atoms with Crippen LogP contribution in [0.25, 0.3) is 0 Å². The van der Waals surface area contributed by atoms with Gasteiger partial charge in [0.15, 0.2) is 0 Å². The van der Waals surface area contributed by atoms with Gasteiger partial charge >= 0.3 is 0 Å². The molecule has 0 N–H and O–H groups in total. The number of rotatable bonds is 2. The van der Waals surface area contributed by atoms with Gasteiger partial charge < -0.3 is 0 Å². The van der Waals surface area contributed by atoms with Gasteiger partial charge in [0, 0.05) is 6.42 Å². The molecule has 2 nitrogen and oxygen atoms in total. The van der Waals surface area contributed by atoms with Crippen molar-refractivity contribution in [2.75, 3.05) is 0 Å². The predicted molar refractivity (Wildman–Crippen MR) is 58.9 cm³/mol. The second kappa shape index (κ2) is 4.07. The minimum atomic E-state index is 0.346. The summed E-state index contributed by atoms with van der Waals surface area (Å²) in [6.07, 6.45) is 0.817. The molecule has 0 radical (unpaired) electrons. The van der Waals surface area contributed by atoms with Gasteiger partial charge in [0.05, 0.1) is 0 Å². The van der Waals surface area contributed by atoms with Crippen LogP contribution in [-0.4, -0.2) is 9.36 Å². The topological polar surface area (TPSA) is 25.8 Å². The van der Waals surface area contributed by atoms with E-state index in [-0.39, 0.29) is 0 Å². The Bertz CT molecular complexity index is 439. The van der Waals surface area contributed by atoms with E-state index in [9.17, 15) is 0 Å². The molecule has 0 saturated heterocycles. The number of hydrogen-bond donors (Lipinski definition) is 0. The van der Waals surface area contributed by atoms with E-state index in [0.29, 0.717) is 5.28 Å². The molecule has 0 fully saturated rings. The van der Waals surface area contributed by atoms with Crippen molar-refractivity contribution >= 4 is 23.1 Å². The highest BCUT2D eigenvalue weighted by atomic mass is 35.5. The molecule has 0 saturated carbocycles. The molecule has 0 spiro atoms. The molecule has 0 atom stereocenters. The Hall–Kier alpha value is -0.930. The summed E-state index contributed by atoms with van der Waals surface area (Å²) in [4.78, 5) is 4.12. The zero-order valence-corrected chi connectivity index (χ0v) is 9.27. The number of aryl methyl sites for hydroxylation is 1. The van der Waals surface area contributed by atoms with Crippen molar-refractivity contribution in [3.63, 3.8) is 0 Å². The molecule has 0 unspecified atom stereocenters. The fourth-order valence-corrected chi connectivity index (χ4v) is 2.10. The van der Waals surface area contributed by atoms with Crippen molar-refractivity contribution in [3.8, 4) is 0 Å². The Morgan fingerprint density at radius 1 is 1.36 bits per heavy atom. The first kappa shape index (κ1) is 9.62. The standard InChI is InChI=1S/C10H9ClN2S/c1-7-4-2-3-5-8(7)6-9-12-10(11)13-14-9/h2-5H,6H2,1H3. The summed E-state index contributed by atoms with van der Waals surface area (Å²) in [6.45, 7) is 2.10. The molecular weight excluding hydrogens is 216 g/mol. The molecule has 1 aromatic heterocycles. The van der Waals surface area contributed by atoms with Crippen molar-refractivity contribution < 1.29 is 0 Å².